The smallest absolute Gasteiger partial charge is 0.323 e. The number of ketones is 1. The van der Waals surface area contributed by atoms with Crippen molar-refractivity contribution in [2.45, 2.75) is 26.8 Å². The molecule has 4 N–H and O–H groups in total. The fraction of sp³-hybridized carbons (Fsp3) is 0.174. The van der Waals surface area contributed by atoms with Crippen molar-refractivity contribution in [2.75, 3.05) is 16.4 Å². The number of pyridine rings is 1. The fourth-order valence-corrected chi connectivity index (χ4v) is 3.48. The number of fused-ring (bicyclic) bond motifs is 1. The van der Waals surface area contributed by atoms with E-state index in [9.17, 15) is 14.0 Å². The first-order chi connectivity index (χ1) is 15.7. The number of aromatic nitrogens is 4. The van der Waals surface area contributed by atoms with Crippen LogP contribution in [0.4, 0.5) is 26.4 Å². The monoisotopic (exact) mass is 447 g/mol. The SMILES string of the molecule is Cc1ccc(F)c(NC(=O)Nc2cncc(C(=O)c3cn(C(C)C)c4ncnc(N)c34)c2)c1. The van der Waals surface area contributed by atoms with Gasteiger partial charge in [0.05, 0.1) is 28.5 Å². The molecule has 0 atom stereocenters. The van der Waals surface area contributed by atoms with E-state index >= 15 is 0 Å². The molecule has 0 bridgehead atoms. The van der Waals surface area contributed by atoms with E-state index in [0.717, 1.165) is 5.56 Å². The quantitative estimate of drug-likeness (QED) is 0.391. The summed E-state index contributed by atoms with van der Waals surface area (Å²) in [5.74, 6) is -0.703. The van der Waals surface area contributed by atoms with Crippen LogP contribution in [-0.4, -0.2) is 31.3 Å². The number of hydrogen-bond acceptors (Lipinski definition) is 6. The zero-order valence-electron chi connectivity index (χ0n) is 18.3. The molecule has 10 heteroatoms. The van der Waals surface area contributed by atoms with E-state index in [1.54, 1.807) is 19.2 Å². The van der Waals surface area contributed by atoms with Gasteiger partial charge in [-0.3, -0.25) is 9.78 Å². The van der Waals surface area contributed by atoms with Gasteiger partial charge < -0.3 is 20.9 Å². The first-order valence-electron chi connectivity index (χ1n) is 10.2. The van der Waals surface area contributed by atoms with Crippen molar-refractivity contribution in [2.24, 2.45) is 0 Å². The average molecular weight is 447 g/mol. The maximum Gasteiger partial charge on any atom is 0.323 e. The topological polar surface area (TPSA) is 128 Å². The molecule has 4 aromatic rings. The Morgan fingerprint density at radius 3 is 2.67 bits per heavy atom. The van der Waals surface area contributed by atoms with E-state index in [1.165, 1.54) is 36.9 Å². The molecule has 168 valence electrons. The summed E-state index contributed by atoms with van der Waals surface area (Å²) in [4.78, 5) is 38.0. The Hall–Kier alpha value is -4.34. The number of hydrogen-bond donors (Lipinski definition) is 3. The number of nitrogens with one attached hydrogen (secondary N) is 2. The first-order valence-corrected chi connectivity index (χ1v) is 10.2. The molecule has 33 heavy (non-hydrogen) atoms. The summed E-state index contributed by atoms with van der Waals surface area (Å²) in [6.07, 6.45) is 5.82. The molecule has 4 rings (SSSR count). The highest BCUT2D eigenvalue weighted by Gasteiger charge is 2.22. The largest absolute Gasteiger partial charge is 0.383 e. The number of nitrogens with zero attached hydrogens (tertiary/aromatic N) is 4. The van der Waals surface area contributed by atoms with Crippen molar-refractivity contribution in [1.29, 1.82) is 0 Å². The highest BCUT2D eigenvalue weighted by atomic mass is 19.1. The first kappa shape index (κ1) is 21.9. The van der Waals surface area contributed by atoms with Gasteiger partial charge in [-0.2, -0.15) is 0 Å². The third kappa shape index (κ3) is 4.36. The second-order valence-corrected chi connectivity index (χ2v) is 7.86. The van der Waals surface area contributed by atoms with E-state index < -0.39 is 11.8 Å². The summed E-state index contributed by atoms with van der Waals surface area (Å²) in [5.41, 5.74) is 8.29. The number of carbonyl (C=O) groups is 2. The number of carbonyl (C=O) groups excluding carboxylic acids is 2. The zero-order valence-corrected chi connectivity index (χ0v) is 18.3. The second-order valence-electron chi connectivity index (χ2n) is 7.86. The van der Waals surface area contributed by atoms with Crippen molar-refractivity contribution in [1.82, 2.24) is 19.5 Å². The van der Waals surface area contributed by atoms with Gasteiger partial charge >= 0.3 is 6.03 Å². The predicted molar refractivity (Wildman–Crippen MR) is 124 cm³/mol. The van der Waals surface area contributed by atoms with Gasteiger partial charge in [0.15, 0.2) is 5.78 Å². The van der Waals surface area contributed by atoms with Crippen LogP contribution in [0.2, 0.25) is 0 Å². The molecular formula is C23H22FN7O2. The number of rotatable bonds is 5. The lowest BCUT2D eigenvalue weighted by Crippen LogP contribution is -2.20. The number of amides is 2. The molecule has 0 aliphatic carbocycles. The van der Waals surface area contributed by atoms with Gasteiger partial charge in [0.25, 0.3) is 0 Å². The standard InChI is InChI=1S/C23H22FN7O2/c1-12(2)31-10-16(19-21(25)27-11-28-22(19)31)20(32)14-7-15(9-26-8-14)29-23(33)30-18-6-13(3)4-5-17(18)24/h4-12H,1-3H3,(H2,25,27,28)(H2,29,30,33). The van der Waals surface area contributed by atoms with Crippen LogP contribution in [-0.2, 0) is 0 Å². The van der Waals surface area contributed by atoms with Crippen molar-refractivity contribution in [3.05, 3.63) is 71.7 Å². The van der Waals surface area contributed by atoms with Crippen LogP contribution in [0.15, 0.2) is 49.2 Å². The van der Waals surface area contributed by atoms with Gasteiger partial charge in [0.1, 0.15) is 23.6 Å². The third-order valence-corrected chi connectivity index (χ3v) is 5.07. The number of nitrogens with two attached hydrogens (primary N) is 1. The minimum Gasteiger partial charge on any atom is -0.383 e. The Kier molecular flexibility index (Phi) is 5.74. The molecule has 0 saturated carbocycles. The number of anilines is 3. The summed E-state index contributed by atoms with van der Waals surface area (Å²) in [6.45, 7) is 5.72. The molecule has 0 spiro atoms. The molecule has 2 amide bonds. The van der Waals surface area contributed by atoms with E-state index in [2.05, 4.69) is 25.6 Å². The average Bonchev–Trinajstić information content (AvgIpc) is 3.17. The van der Waals surface area contributed by atoms with E-state index in [1.807, 2.05) is 18.4 Å². The Bertz CT molecular complexity index is 1380. The molecule has 0 aliphatic rings. The van der Waals surface area contributed by atoms with Gasteiger partial charge in [0, 0.05) is 24.0 Å². The Morgan fingerprint density at radius 1 is 1.12 bits per heavy atom. The molecule has 0 saturated heterocycles. The van der Waals surface area contributed by atoms with Crippen LogP contribution in [0.1, 0.15) is 41.4 Å². The van der Waals surface area contributed by atoms with Crippen LogP contribution in [0.25, 0.3) is 11.0 Å². The van der Waals surface area contributed by atoms with Gasteiger partial charge in [0.2, 0.25) is 0 Å². The zero-order chi connectivity index (χ0) is 23.7. The van der Waals surface area contributed by atoms with Crippen molar-refractivity contribution >= 4 is 40.0 Å². The maximum absolute atomic E-state index is 13.9. The van der Waals surface area contributed by atoms with Crippen molar-refractivity contribution < 1.29 is 14.0 Å². The van der Waals surface area contributed by atoms with Crippen LogP contribution >= 0.6 is 0 Å². The van der Waals surface area contributed by atoms with E-state index in [4.69, 9.17) is 5.73 Å². The van der Waals surface area contributed by atoms with Crippen LogP contribution < -0.4 is 16.4 Å². The van der Waals surface area contributed by atoms with E-state index in [-0.39, 0.29) is 34.6 Å². The van der Waals surface area contributed by atoms with Gasteiger partial charge in [-0.05, 0) is 44.5 Å². The van der Waals surface area contributed by atoms with Gasteiger partial charge in [-0.15, -0.1) is 0 Å². The number of benzene rings is 1. The Balaban J connectivity index is 1.61. The van der Waals surface area contributed by atoms with Gasteiger partial charge in [-0.25, -0.2) is 19.2 Å². The minimum atomic E-state index is -0.667. The number of nitrogen functional groups attached to an aromatic ring is 1. The molecule has 0 aliphatic heterocycles. The Labute approximate surface area is 188 Å². The summed E-state index contributed by atoms with van der Waals surface area (Å²) in [7, 11) is 0. The minimum absolute atomic E-state index is 0.0418. The lowest BCUT2D eigenvalue weighted by atomic mass is 10.1. The molecule has 0 unspecified atom stereocenters. The lowest BCUT2D eigenvalue weighted by Gasteiger charge is -2.10. The summed E-state index contributed by atoms with van der Waals surface area (Å²) < 4.78 is 15.8. The Morgan fingerprint density at radius 2 is 1.91 bits per heavy atom. The molecule has 3 aromatic heterocycles. The van der Waals surface area contributed by atoms with Gasteiger partial charge in [-0.1, -0.05) is 6.07 Å². The molecule has 9 nitrogen and oxygen atoms in total. The van der Waals surface area contributed by atoms with Crippen molar-refractivity contribution in [3.63, 3.8) is 0 Å². The maximum atomic E-state index is 13.9. The summed E-state index contributed by atoms with van der Waals surface area (Å²) in [5, 5.41) is 5.48. The molecule has 1 aromatic carbocycles. The second kappa shape index (κ2) is 8.65. The van der Waals surface area contributed by atoms with Crippen LogP contribution in [0.5, 0.6) is 0 Å². The summed E-state index contributed by atoms with van der Waals surface area (Å²) in [6, 6.07) is 5.25. The molecule has 0 radical (unpaired) electrons. The molecule has 0 fully saturated rings. The molecular weight excluding hydrogens is 425 g/mol. The third-order valence-electron chi connectivity index (χ3n) is 5.07. The highest BCUT2D eigenvalue weighted by molar-refractivity contribution is 6.18. The van der Waals surface area contributed by atoms with E-state index in [0.29, 0.717) is 16.6 Å². The summed E-state index contributed by atoms with van der Waals surface area (Å²) >= 11 is 0. The normalized spacial score (nSPS) is 11.1. The number of aryl methyl sites for hydroxylation is 1. The number of urea groups is 1. The van der Waals surface area contributed by atoms with Crippen LogP contribution in [0.3, 0.4) is 0 Å². The highest BCUT2D eigenvalue weighted by Crippen LogP contribution is 2.28. The predicted octanol–water partition coefficient (Wildman–Crippen LogP) is 4.31. The fourth-order valence-electron chi connectivity index (χ4n) is 3.48. The lowest BCUT2D eigenvalue weighted by molar-refractivity contribution is 0.103. The van der Waals surface area contributed by atoms with Crippen molar-refractivity contribution in [3.8, 4) is 0 Å². The van der Waals surface area contributed by atoms with Crippen LogP contribution in [0, 0.1) is 12.7 Å². The number of halogens is 1. The molecule has 3 heterocycles.